The Morgan fingerprint density at radius 1 is 0.956 bits per heavy atom. The maximum atomic E-state index is 11.4. The Morgan fingerprint density at radius 3 is 2.38 bits per heavy atom. The number of amides is 1. The van der Waals surface area contributed by atoms with Crippen LogP contribution in [0.25, 0.3) is 0 Å². The smallest absolute Gasteiger partial charge is 0.404 e. The van der Waals surface area contributed by atoms with E-state index in [1.165, 1.54) is 16.7 Å². The van der Waals surface area contributed by atoms with Crippen LogP contribution in [0.1, 0.15) is 54.9 Å². The number of fused-ring (bicyclic) bond motifs is 1. The van der Waals surface area contributed by atoms with Crippen molar-refractivity contribution in [2.24, 2.45) is 11.3 Å². The van der Waals surface area contributed by atoms with E-state index in [1.807, 2.05) is 30.3 Å². The first-order chi connectivity index (χ1) is 21.8. The molecule has 3 aromatic rings. The SMILES string of the molecule is CC(C)(CCN(Cc1ccccc1)Cc1ccccc1[C@@H]1CO[C@H]2OCC[C@H]21)CNC[C@@H](O)[C@H](Cc1ccccc1)NC(=O)O. The summed E-state index contributed by atoms with van der Waals surface area (Å²) < 4.78 is 11.8. The van der Waals surface area contributed by atoms with Crippen LogP contribution in [0.15, 0.2) is 84.9 Å². The van der Waals surface area contributed by atoms with E-state index in [-0.39, 0.29) is 11.7 Å². The highest BCUT2D eigenvalue weighted by molar-refractivity contribution is 5.65. The van der Waals surface area contributed by atoms with Gasteiger partial charge in [-0.05, 0) is 53.5 Å². The predicted molar refractivity (Wildman–Crippen MR) is 176 cm³/mol. The van der Waals surface area contributed by atoms with Crippen LogP contribution in [-0.4, -0.2) is 72.5 Å². The fourth-order valence-electron chi connectivity index (χ4n) is 6.68. The van der Waals surface area contributed by atoms with Gasteiger partial charge in [-0.3, -0.25) is 4.90 Å². The molecule has 0 aliphatic carbocycles. The van der Waals surface area contributed by atoms with Crippen LogP contribution in [0.3, 0.4) is 0 Å². The van der Waals surface area contributed by atoms with Crippen molar-refractivity contribution >= 4 is 6.09 Å². The molecule has 2 aliphatic rings. The lowest BCUT2D eigenvalue weighted by molar-refractivity contribution is -0.0905. The highest BCUT2D eigenvalue weighted by atomic mass is 16.7. The van der Waals surface area contributed by atoms with Gasteiger partial charge in [0.2, 0.25) is 0 Å². The molecule has 2 fully saturated rings. The van der Waals surface area contributed by atoms with Gasteiger partial charge in [-0.2, -0.15) is 0 Å². The van der Waals surface area contributed by atoms with Crippen molar-refractivity contribution in [1.29, 1.82) is 0 Å². The fourth-order valence-corrected chi connectivity index (χ4v) is 6.68. The van der Waals surface area contributed by atoms with Gasteiger partial charge in [0.25, 0.3) is 0 Å². The maximum absolute atomic E-state index is 11.4. The van der Waals surface area contributed by atoms with Gasteiger partial charge >= 0.3 is 6.09 Å². The molecule has 0 saturated carbocycles. The quantitative estimate of drug-likeness (QED) is 0.171. The average molecular weight is 616 g/mol. The topological polar surface area (TPSA) is 103 Å². The fraction of sp³-hybridized carbons (Fsp3) is 0.486. The molecule has 0 unspecified atom stereocenters. The van der Waals surface area contributed by atoms with Gasteiger partial charge in [0.05, 0.1) is 25.4 Å². The number of hydrogen-bond donors (Lipinski definition) is 4. The van der Waals surface area contributed by atoms with E-state index in [2.05, 4.69) is 84.0 Å². The molecular formula is C37H49N3O5. The van der Waals surface area contributed by atoms with Crippen LogP contribution in [0.2, 0.25) is 0 Å². The molecule has 0 bridgehead atoms. The molecule has 2 heterocycles. The molecule has 242 valence electrons. The lowest BCUT2D eigenvalue weighted by Gasteiger charge is -2.32. The second-order valence-corrected chi connectivity index (χ2v) is 13.4. The number of hydrogen-bond acceptors (Lipinski definition) is 6. The molecule has 8 heteroatoms. The van der Waals surface area contributed by atoms with Crippen LogP contribution < -0.4 is 10.6 Å². The van der Waals surface area contributed by atoms with E-state index in [1.54, 1.807) is 0 Å². The number of nitrogens with one attached hydrogen (secondary N) is 2. The summed E-state index contributed by atoms with van der Waals surface area (Å²) in [6.07, 6.45) is 0.379. The predicted octanol–water partition coefficient (Wildman–Crippen LogP) is 5.41. The molecule has 5 atom stereocenters. The molecule has 4 N–H and O–H groups in total. The summed E-state index contributed by atoms with van der Waals surface area (Å²) in [5, 5.41) is 26.2. The van der Waals surface area contributed by atoms with Crippen LogP contribution in [0.5, 0.6) is 0 Å². The largest absolute Gasteiger partial charge is 0.465 e. The Morgan fingerprint density at radius 2 is 1.64 bits per heavy atom. The third-order valence-electron chi connectivity index (χ3n) is 9.27. The van der Waals surface area contributed by atoms with E-state index in [0.29, 0.717) is 38.0 Å². The molecule has 2 aliphatic heterocycles. The number of carboxylic acid groups (broad SMARTS) is 1. The van der Waals surface area contributed by atoms with Crippen molar-refractivity contribution in [1.82, 2.24) is 15.5 Å². The molecule has 8 nitrogen and oxygen atoms in total. The van der Waals surface area contributed by atoms with Crippen molar-refractivity contribution < 1.29 is 24.5 Å². The van der Waals surface area contributed by atoms with Crippen molar-refractivity contribution in [3.05, 3.63) is 107 Å². The Hall–Kier alpha value is -3.27. The summed E-state index contributed by atoms with van der Waals surface area (Å²) in [4.78, 5) is 14.0. The Labute approximate surface area is 267 Å². The zero-order valence-electron chi connectivity index (χ0n) is 26.6. The number of carbonyl (C=O) groups is 1. The van der Waals surface area contributed by atoms with Gasteiger partial charge < -0.3 is 30.3 Å². The highest BCUT2D eigenvalue weighted by Gasteiger charge is 2.42. The van der Waals surface area contributed by atoms with Crippen LogP contribution in [0.4, 0.5) is 4.79 Å². The molecule has 45 heavy (non-hydrogen) atoms. The zero-order chi connectivity index (χ0) is 31.6. The molecular weight excluding hydrogens is 566 g/mol. The van der Waals surface area contributed by atoms with Gasteiger partial charge in [0, 0.05) is 38.0 Å². The van der Waals surface area contributed by atoms with E-state index in [9.17, 15) is 15.0 Å². The monoisotopic (exact) mass is 615 g/mol. The second-order valence-electron chi connectivity index (χ2n) is 13.4. The highest BCUT2D eigenvalue weighted by Crippen LogP contribution is 2.42. The summed E-state index contributed by atoms with van der Waals surface area (Å²) >= 11 is 0. The van der Waals surface area contributed by atoms with Crippen molar-refractivity contribution in [3.8, 4) is 0 Å². The van der Waals surface area contributed by atoms with Crippen LogP contribution >= 0.6 is 0 Å². The van der Waals surface area contributed by atoms with Gasteiger partial charge in [-0.1, -0.05) is 98.8 Å². The average Bonchev–Trinajstić information content (AvgIpc) is 3.65. The molecule has 0 spiro atoms. The minimum atomic E-state index is -1.13. The lowest BCUT2D eigenvalue weighted by Crippen LogP contribution is -2.49. The minimum Gasteiger partial charge on any atom is -0.465 e. The number of aliphatic hydroxyl groups excluding tert-OH is 1. The van der Waals surface area contributed by atoms with Crippen molar-refractivity contribution in [3.63, 3.8) is 0 Å². The molecule has 3 aromatic carbocycles. The van der Waals surface area contributed by atoms with E-state index >= 15 is 0 Å². The van der Waals surface area contributed by atoms with E-state index in [4.69, 9.17) is 9.47 Å². The third kappa shape index (κ3) is 9.61. The summed E-state index contributed by atoms with van der Waals surface area (Å²) in [5.41, 5.74) is 4.95. The summed E-state index contributed by atoms with van der Waals surface area (Å²) in [5.74, 6) is 0.785. The van der Waals surface area contributed by atoms with Crippen molar-refractivity contribution in [2.45, 2.75) is 70.6 Å². The molecule has 1 amide bonds. The van der Waals surface area contributed by atoms with Crippen LogP contribution in [-0.2, 0) is 29.0 Å². The number of rotatable bonds is 16. The normalized spacial score (nSPS) is 21.0. The Kier molecular flexibility index (Phi) is 11.6. The first-order valence-electron chi connectivity index (χ1n) is 16.3. The first kappa shape index (κ1) is 33.1. The summed E-state index contributed by atoms with van der Waals surface area (Å²) in [7, 11) is 0. The van der Waals surface area contributed by atoms with E-state index < -0.39 is 18.2 Å². The third-order valence-corrected chi connectivity index (χ3v) is 9.27. The molecule has 0 aromatic heterocycles. The lowest BCUT2D eigenvalue weighted by atomic mass is 9.84. The summed E-state index contributed by atoms with van der Waals surface area (Å²) in [6, 6.07) is 28.5. The number of benzene rings is 3. The zero-order valence-corrected chi connectivity index (χ0v) is 26.6. The number of aliphatic hydroxyl groups is 1. The van der Waals surface area contributed by atoms with Gasteiger partial charge in [-0.25, -0.2) is 4.79 Å². The standard InChI is InChI=1S/C37H49N3O5/c1-37(2,26-38-22-34(41)33(39-36(42)43)21-27-11-5-3-6-12-27)18-19-40(23-28-13-7-4-8-14-28)24-29-15-9-10-16-30(29)32-25-45-35-31(32)17-20-44-35/h3-16,31-35,38-39,41H,17-26H2,1-2H3,(H,42,43)/t31-,32-,33-,34+,35+/m0/s1. The summed E-state index contributed by atoms with van der Waals surface area (Å²) in [6.45, 7) is 9.60. The molecule has 5 rings (SSSR count). The maximum Gasteiger partial charge on any atom is 0.404 e. The van der Waals surface area contributed by atoms with Gasteiger partial charge in [0.1, 0.15) is 0 Å². The van der Waals surface area contributed by atoms with Crippen molar-refractivity contribution in [2.75, 3.05) is 32.8 Å². The first-order valence-corrected chi connectivity index (χ1v) is 16.3. The van der Waals surface area contributed by atoms with Gasteiger partial charge in [-0.15, -0.1) is 0 Å². The Bertz CT molecular complexity index is 1340. The van der Waals surface area contributed by atoms with Gasteiger partial charge in [0.15, 0.2) is 6.29 Å². The molecule has 0 radical (unpaired) electrons. The molecule has 2 saturated heterocycles. The second kappa shape index (κ2) is 15.8. The Balaban J connectivity index is 1.19. The van der Waals surface area contributed by atoms with E-state index in [0.717, 1.165) is 44.6 Å². The van der Waals surface area contributed by atoms with Crippen LogP contribution in [0, 0.1) is 11.3 Å². The minimum absolute atomic E-state index is 0.0446. The number of nitrogens with zero attached hydrogens (tertiary/aromatic N) is 1. The number of ether oxygens (including phenoxy) is 2.